The van der Waals surface area contributed by atoms with Crippen LogP contribution >= 0.6 is 73.1 Å². The SMILES string of the molecule is CC(C)Cc1cc(-c2ccc(-n3c4ccccc4c4ccccc43)c3c2sc2ccccc23)ncc1[Si](C)(C)C.CC(C)Cc1cc(-c2ccc(Cl)c3c2sc2ccccc23)ncc1[Si](C)(C)C.CC(C)Cc1cc(Br)ncc1[Si](C)(C)C.OB(O)c1ccc(Cl)c2c1sc1ccccc12.c1ccc2c(c1)Cc1ccccc1-2. The van der Waals surface area contributed by atoms with Crippen molar-refractivity contribution >= 4 is 208 Å². The molecule has 0 saturated carbocycles. The summed E-state index contributed by atoms with van der Waals surface area (Å²) in [7, 11) is -5.67. The lowest BCUT2D eigenvalue weighted by molar-refractivity contribution is 0.426. The third kappa shape index (κ3) is 17.4. The van der Waals surface area contributed by atoms with Gasteiger partial charge in [0, 0.05) is 117 Å². The van der Waals surface area contributed by atoms with Crippen molar-refractivity contribution < 1.29 is 10.0 Å². The molecule has 18 rings (SSSR count). The Kier molecular flexibility index (Phi) is 24.4. The van der Waals surface area contributed by atoms with Crippen LogP contribution in [0.5, 0.6) is 0 Å². The molecule has 0 radical (unpaired) electrons. The first-order valence-electron chi connectivity index (χ1n) is 39.3. The summed E-state index contributed by atoms with van der Waals surface area (Å²) in [6.07, 6.45) is 10.8. The van der Waals surface area contributed by atoms with E-state index in [1.807, 2.05) is 53.0 Å². The van der Waals surface area contributed by atoms with Gasteiger partial charge in [0.25, 0.3) is 0 Å². The van der Waals surface area contributed by atoms with Gasteiger partial charge >= 0.3 is 7.12 Å². The van der Waals surface area contributed by atoms with Gasteiger partial charge in [-0.2, -0.15) is 0 Å². The molecule has 17 aromatic rings. The highest BCUT2D eigenvalue weighted by Crippen LogP contribution is 2.47. The fraction of sp³-hybridized carbons (Fsp3) is 0.227. The van der Waals surface area contributed by atoms with Gasteiger partial charge in [-0.05, 0) is 193 Å². The van der Waals surface area contributed by atoms with E-state index in [0.29, 0.717) is 28.2 Å². The summed E-state index contributed by atoms with van der Waals surface area (Å²) < 4.78 is 10.5. The molecule has 7 aromatic heterocycles. The van der Waals surface area contributed by atoms with Crippen molar-refractivity contribution in [3.05, 3.63) is 286 Å². The Hall–Kier alpha value is -8.19. The Morgan fingerprint density at radius 3 is 1.19 bits per heavy atom. The summed E-state index contributed by atoms with van der Waals surface area (Å²) in [5.74, 6) is 1.93. The zero-order valence-corrected chi connectivity index (χ0v) is 75.8. The van der Waals surface area contributed by atoms with E-state index in [2.05, 4.69) is 327 Å². The predicted molar refractivity (Wildman–Crippen MR) is 510 cm³/mol. The van der Waals surface area contributed by atoms with Gasteiger partial charge in [-0.1, -0.05) is 269 Å². The molecule has 0 bridgehead atoms. The first-order valence-corrected chi connectivity index (χ1v) is 53.8. The second-order valence-corrected chi connectivity index (χ2v) is 54.1. The standard InChI is InChI=1S/C36H34N2SSi.C24H26ClNSSi.C13H10.C12H8BClO2S.C12H20BrNSi/c1-23(2)20-24-21-29(37-22-34(24)40(3,4)5)27-18-19-32(35-28-14-8-11-17-33(28)39-36(27)35)38-30-15-9-6-12-25(30)26-13-7-10-16-31(26)38;1-15(2)12-16-13-20(26-14-22(16)28(3,4)5)17-10-11-19(25)23-18-8-6-7-9-21(18)27-24(17)23;1-3-7-12-10(5-1)9-11-6-2-4-8-13(11)12;14-9-6-5-8(13(15)16)12-11(9)7-3-1-2-4-10(7)17-12;1-9(2)6-10-7-12(13)14-8-11(10)15(3,4)5/h6-19,21-23H,20H2,1-5H3;6-11,13-15H,12H2,1-5H3;1-8H,9H2;1-6,15-16H;7-9H,6H2,1-5H3. The maximum atomic E-state index is 9.36. The quantitative estimate of drug-likeness (QED) is 0.0888. The second-order valence-electron chi connectivity index (χ2n) is 34.2. The van der Waals surface area contributed by atoms with E-state index < -0.39 is 31.3 Å². The summed E-state index contributed by atoms with van der Waals surface area (Å²) >= 11 is 21.5. The lowest BCUT2D eigenvalue weighted by Gasteiger charge is -2.22. The summed E-state index contributed by atoms with van der Waals surface area (Å²) in [6.45, 7) is 35.4. The molecular weight excluding hydrogens is 1600 g/mol. The smallest absolute Gasteiger partial charge is 0.423 e. The third-order valence-electron chi connectivity index (χ3n) is 21.1. The highest BCUT2D eigenvalue weighted by Gasteiger charge is 2.28. The molecule has 113 heavy (non-hydrogen) atoms. The van der Waals surface area contributed by atoms with E-state index in [0.717, 1.165) is 72.3 Å². The van der Waals surface area contributed by atoms with E-state index in [1.54, 1.807) is 12.1 Å². The Labute approximate surface area is 699 Å². The number of hydrogen-bond acceptors (Lipinski definition) is 8. The molecule has 2 N–H and O–H groups in total. The van der Waals surface area contributed by atoms with Gasteiger partial charge in [-0.3, -0.25) is 9.97 Å². The Bertz CT molecular complexity index is 6290. The van der Waals surface area contributed by atoms with Gasteiger partial charge in [-0.25, -0.2) is 4.98 Å². The number of pyridine rings is 3. The van der Waals surface area contributed by atoms with Crippen molar-refractivity contribution in [1.82, 2.24) is 19.5 Å². The number of fused-ring (bicyclic) bond motifs is 15. The molecule has 0 aliphatic heterocycles. The van der Waals surface area contributed by atoms with Crippen LogP contribution < -0.4 is 21.0 Å². The van der Waals surface area contributed by atoms with E-state index in [9.17, 15) is 10.0 Å². The van der Waals surface area contributed by atoms with Crippen LogP contribution in [0.3, 0.4) is 0 Å². The topological polar surface area (TPSA) is 84.1 Å². The first-order chi connectivity index (χ1) is 54.0. The van der Waals surface area contributed by atoms with Crippen LogP contribution in [0.15, 0.2) is 248 Å². The summed E-state index contributed by atoms with van der Waals surface area (Å²) in [5, 5.41) is 34.2. The van der Waals surface area contributed by atoms with Crippen LogP contribution in [0, 0.1) is 17.8 Å². The van der Waals surface area contributed by atoms with Crippen LogP contribution in [0.25, 0.3) is 122 Å². The van der Waals surface area contributed by atoms with Crippen LogP contribution in [-0.4, -0.2) is 60.9 Å². The molecule has 1 aliphatic rings. The van der Waals surface area contributed by atoms with E-state index >= 15 is 0 Å². The van der Waals surface area contributed by atoms with Gasteiger partial charge in [0.05, 0.1) is 52.3 Å². The number of benzene rings is 10. The lowest BCUT2D eigenvalue weighted by atomic mass is 9.80. The van der Waals surface area contributed by atoms with Crippen molar-refractivity contribution in [3.8, 4) is 39.3 Å². The Morgan fingerprint density at radius 1 is 0.398 bits per heavy atom. The monoisotopic (exact) mass is 1690 g/mol. The number of hydrogen-bond donors (Lipinski definition) is 2. The van der Waals surface area contributed by atoms with Gasteiger partial charge in [0.15, 0.2) is 0 Å². The molecule has 0 saturated heterocycles. The van der Waals surface area contributed by atoms with Crippen molar-refractivity contribution in [2.75, 3.05) is 0 Å². The van der Waals surface area contributed by atoms with Crippen molar-refractivity contribution in [2.45, 2.75) is 126 Å². The van der Waals surface area contributed by atoms with Gasteiger partial charge in [0.1, 0.15) is 4.60 Å². The van der Waals surface area contributed by atoms with Crippen LogP contribution in [-0.2, 0) is 25.7 Å². The molecule has 0 fully saturated rings. The Balaban J connectivity index is 0.000000126. The van der Waals surface area contributed by atoms with E-state index in [-0.39, 0.29) is 0 Å². The van der Waals surface area contributed by atoms with Gasteiger partial charge in [0.2, 0.25) is 0 Å². The number of rotatable bonds is 13. The average Bonchev–Trinajstić information content (AvgIpc) is 1.57. The van der Waals surface area contributed by atoms with Crippen molar-refractivity contribution in [2.24, 2.45) is 17.8 Å². The molecule has 7 heterocycles. The molecular formula is C97H98BBrCl2N4O2S3Si3. The third-order valence-corrected chi connectivity index (χ3v) is 32.0. The molecule has 0 atom stereocenters. The minimum absolute atomic E-state index is 0.505. The fourth-order valence-corrected chi connectivity index (χ4v) is 25.6. The van der Waals surface area contributed by atoms with Crippen LogP contribution in [0.1, 0.15) is 69.4 Å². The number of thiophene rings is 3. The Morgan fingerprint density at radius 2 is 0.752 bits per heavy atom. The number of nitrogens with zero attached hydrogens (tertiary/aromatic N) is 4. The van der Waals surface area contributed by atoms with E-state index in [1.165, 1.54) is 139 Å². The minimum atomic E-state index is -1.51. The predicted octanol–water partition coefficient (Wildman–Crippen LogP) is 26.7. The maximum absolute atomic E-state index is 9.36. The lowest BCUT2D eigenvalue weighted by Crippen LogP contribution is -2.40. The van der Waals surface area contributed by atoms with Gasteiger partial charge in [-0.15, -0.1) is 34.0 Å². The average molecular weight is 1690 g/mol. The molecule has 10 aromatic carbocycles. The first kappa shape index (κ1) is 81.4. The molecule has 572 valence electrons. The second kappa shape index (κ2) is 33.9. The molecule has 16 heteroatoms. The van der Waals surface area contributed by atoms with Crippen LogP contribution in [0.2, 0.25) is 69.0 Å². The van der Waals surface area contributed by atoms with Crippen molar-refractivity contribution in [1.29, 1.82) is 0 Å². The summed E-state index contributed by atoms with van der Waals surface area (Å²) in [5.41, 5.74) is 18.9. The largest absolute Gasteiger partial charge is 0.489 e. The normalized spacial score (nSPS) is 12.2. The van der Waals surface area contributed by atoms with Gasteiger partial charge < -0.3 is 14.6 Å². The van der Waals surface area contributed by atoms with Crippen molar-refractivity contribution in [3.63, 3.8) is 0 Å². The number of para-hydroxylation sites is 2. The zero-order chi connectivity index (χ0) is 79.9. The molecule has 0 amide bonds. The van der Waals surface area contributed by atoms with E-state index in [4.69, 9.17) is 33.2 Å². The summed E-state index contributed by atoms with van der Waals surface area (Å²) in [6, 6.07) is 79.2. The molecule has 0 spiro atoms. The highest BCUT2D eigenvalue weighted by molar-refractivity contribution is 9.10. The molecule has 0 unspecified atom stereocenters. The zero-order valence-electron chi connectivity index (χ0n) is 67.3. The minimum Gasteiger partial charge on any atom is -0.423 e. The molecule has 6 nitrogen and oxygen atoms in total. The van der Waals surface area contributed by atoms with Crippen LogP contribution in [0.4, 0.5) is 0 Å². The fourth-order valence-electron chi connectivity index (χ4n) is 16.1. The highest BCUT2D eigenvalue weighted by atomic mass is 79.9. The maximum Gasteiger partial charge on any atom is 0.489 e. The number of aromatic nitrogens is 4. The number of halogens is 3. The molecule has 1 aliphatic carbocycles. The summed E-state index contributed by atoms with van der Waals surface area (Å²) in [4.78, 5) is 14.4.